The SMILES string of the molecule is C=CCCC(CSc1cccc(Br)c1)NC. The Labute approximate surface area is 111 Å². The average molecular weight is 300 g/mol. The molecule has 0 saturated carbocycles. The summed E-state index contributed by atoms with van der Waals surface area (Å²) in [6.07, 6.45) is 4.21. The number of hydrogen-bond acceptors (Lipinski definition) is 2. The lowest BCUT2D eigenvalue weighted by molar-refractivity contribution is 0.579. The molecule has 3 heteroatoms. The summed E-state index contributed by atoms with van der Waals surface area (Å²) in [4.78, 5) is 1.31. The molecular weight excluding hydrogens is 282 g/mol. The van der Waals surface area contributed by atoms with Crippen LogP contribution in [-0.2, 0) is 0 Å². The zero-order valence-electron chi connectivity index (χ0n) is 9.58. The largest absolute Gasteiger partial charge is 0.316 e. The fourth-order valence-electron chi connectivity index (χ4n) is 1.38. The third-order valence-corrected chi connectivity index (χ3v) is 4.02. The highest BCUT2D eigenvalue weighted by Gasteiger charge is 2.05. The smallest absolute Gasteiger partial charge is 0.0186 e. The van der Waals surface area contributed by atoms with Crippen LogP contribution in [0.2, 0.25) is 0 Å². The first-order valence-corrected chi connectivity index (χ1v) is 7.20. The van der Waals surface area contributed by atoms with Gasteiger partial charge in [-0.1, -0.05) is 28.1 Å². The fourth-order valence-corrected chi connectivity index (χ4v) is 3.05. The lowest BCUT2D eigenvalue weighted by atomic mass is 10.2. The number of rotatable bonds is 7. The van der Waals surface area contributed by atoms with Gasteiger partial charge in [-0.25, -0.2) is 0 Å². The van der Waals surface area contributed by atoms with Gasteiger partial charge in [-0.15, -0.1) is 18.3 Å². The Balaban J connectivity index is 2.39. The molecule has 16 heavy (non-hydrogen) atoms. The molecule has 0 spiro atoms. The van der Waals surface area contributed by atoms with E-state index in [1.165, 1.54) is 4.90 Å². The van der Waals surface area contributed by atoms with Crippen LogP contribution >= 0.6 is 27.7 Å². The summed E-state index contributed by atoms with van der Waals surface area (Å²) in [5, 5.41) is 3.34. The van der Waals surface area contributed by atoms with Crippen LogP contribution < -0.4 is 5.32 Å². The van der Waals surface area contributed by atoms with Gasteiger partial charge in [0.2, 0.25) is 0 Å². The normalized spacial score (nSPS) is 12.4. The highest BCUT2D eigenvalue weighted by molar-refractivity contribution is 9.10. The van der Waals surface area contributed by atoms with E-state index in [4.69, 9.17) is 0 Å². The van der Waals surface area contributed by atoms with Gasteiger partial charge in [-0.3, -0.25) is 0 Å². The third kappa shape index (κ3) is 5.19. The van der Waals surface area contributed by atoms with Crippen LogP contribution in [0.5, 0.6) is 0 Å². The van der Waals surface area contributed by atoms with Crippen molar-refractivity contribution in [1.82, 2.24) is 5.32 Å². The number of allylic oxidation sites excluding steroid dienone is 1. The van der Waals surface area contributed by atoms with E-state index in [2.05, 4.69) is 52.1 Å². The molecule has 0 fully saturated rings. The molecule has 1 N–H and O–H groups in total. The van der Waals surface area contributed by atoms with Crippen molar-refractivity contribution in [2.24, 2.45) is 0 Å². The molecule has 1 unspecified atom stereocenters. The first kappa shape index (κ1) is 13.8. The van der Waals surface area contributed by atoms with Crippen LogP contribution in [0.25, 0.3) is 0 Å². The Hall–Kier alpha value is -0.250. The number of nitrogens with one attached hydrogen (secondary N) is 1. The fraction of sp³-hybridized carbons (Fsp3) is 0.385. The van der Waals surface area contributed by atoms with Crippen molar-refractivity contribution >= 4 is 27.7 Å². The Morgan fingerprint density at radius 2 is 2.38 bits per heavy atom. The maximum atomic E-state index is 3.76. The maximum Gasteiger partial charge on any atom is 0.0186 e. The molecule has 0 aromatic heterocycles. The second-order valence-electron chi connectivity index (χ2n) is 3.62. The van der Waals surface area contributed by atoms with Crippen molar-refractivity contribution in [3.63, 3.8) is 0 Å². The van der Waals surface area contributed by atoms with Gasteiger partial charge in [0.05, 0.1) is 0 Å². The van der Waals surface area contributed by atoms with Crippen molar-refractivity contribution in [3.05, 3.63) is 41.4 Å². The summed E-state index contributed by atoms with van der Waals surface area (Å²) in [7, 11) is 2.02. The van der Waals surface area contributed by atoms with Crippen LogP contribution in [0.3, 0.4) is 0 Å². The molecule has 1 atom stereocenters. The second kappa shape index (κ2) is 7.93. The van der Waals surface area contributed by atoms with Crippen molar-refractivity contribution in [1.29, 1.82) is 0 Å². The van der Waals surface area contributed by atoms with E-state index in [1.54, 1.807) is 0 Å². The Kier molecular flexibility index (Phi) is 6.85. The summed E-state index contributed by atoms with van der Waals surface area (Å²) in [5.74, 6) is 1.10. The molecule has 0 aliphatic rings. The van der Waals surface area contributed by atoms with E-state index >= 15 is 0 Å². The molecule has 1 rings (SSSR count). The molecule has 0 saturated heterocycles. The summed E-state index contributed by atoms with van der Waals surface area (Å²) < 4.78 is 1.14. The van der Waals surface area contributed by atoms with E-state index in [0.717, 1.165) is 23.1 Å². The molecule has 0 aliphatic carbocycles. The summed E-state index contributed by atoms with van der Waals surface area (Å²) in [5.41, 5.74) is 0. The second-order valence-corrected chi connectivity index (χ2v) is 5.63. The third-order valence-electron chi connectivity index (χ3n) is 2.37. The minimum absolute atomic E-state index is 0.557. The topological polar surface area (TPSA) is 12.0 Å². The Morgan fingerprint density at radius 3 is 3.00 bits per heavy atom. The molecule has 0 heterocycles. The lowest BCUT2D eigenvalue weighted by Gasteiger charge is -2.14. The minimum Gasteiger partial charge on any atom is -0.316 e. The van der Waals surface area contributed by atoms with Crippen molar-refractivity contribution in [2.75, 3.05) is 12.8 Å². The first-order chi connectivity index (χ1) is 7.76. The molecule has 0 aliphatic heterocycles. The average Bonchev–Trinajstić information content (AvgIpc) is 2.29. The first-order valence-electron chi connectivity index (χ1n) is 5.42. The highest BCUT2D eigenvalue weighted by Crippen LogP contribution is 2.23. The van der Waals surface area contributed by atoms with Crippen LogP contribution in [0, 0.1) is 0 Å². The molecule has 88 valence electrons. The van der Waals surface area contributed by atoms with Gasteiger partial charge in [0, 0.05) is 21.2 Å². The Bertz CT molecular complexity index is 327. The highest BCUT2D eigenvalue weighted by atomic mass is 79.9. The number of hydrogen-bond donors (Lipinski definition) is 1. The minimum atomic E-state index is 0.557. The van der Waals surface area contributed by atoms with E-state index in [9.17, 15) is 0 Å². The van der Waals surface area contributed by atoms with Crippen LogP contribution in [-0.4, -0.2) is 18.8 Å². The number of thioether (sulfide) groups is 1. The van der Waals surface area contributed by atoms with Crippen molar-refractivity contribution in [2.45, 2.75) is 23.8 Å². The molecule has 0 radical (unpaired) electrons. The van der Waals surface area contributed by atoms with Gasteiger partial charge in [-0.2, -0.15) is 0 Å². The molecule has 0 bridgehead atoms. The van der Waals surface area contributed by atoms with E-state index in [-0.39, 0.29) is 0 Å². The molecule has 1 nitrogen and oxygen atoms in total. The van der Waals surface area contributed by atoms with E-state index in [1.807, 2.05) is 24.9 Å². The summed E-state index contributed by atoms with van der Waals surface area (Å²) in [6.45, 7) is 3.76. The van der Waals surface area contributed by atoms with Gasteiger partial charge < -0.3 is 5.32 Å². The van der Waals surface area contributed by atoms with E-state index < -0.39 is 0 Å². The maximum absolute atomic E-state index is 3.76. The van der Waals surface area contributed by atoms with Crippen LogP contribution in [0.1, 0.15) is 12.8 Å². The van der Waals surface area contributed by atoms with Crippen molar-refractivity contribution in [3.8, 4) is 0 Å². The van der Waals surface area contributed by atoms with Gasteiger partial charge >= 0.3 is 0 Å². The predicted octanol–water partition coefficient (Wildman–Crippen LogP) is 4.10. The molecule has 0 amide bonds. The quantitative estimate of drug-likeness (QED) is 0.601. The van der Waals surface area contributed by atoms with Crippen LogP contribution in [0.15, 0.2) is 46.3 Å². The molecule has 1 aromatic rings. The lowest BCUT2D eigenvalue weighted by Crippen LogP contribution is -2.27. The number of halogens is 1. The van der Waals surface area contributed by atoms with Gasteiger partial charge in [-0.05, 0) is 38.1 Å². The molecular formula is C13H18BrNS. The van der Waals surface area contributed by atoms with Crippen molar-refractivity contribution < 1.29 is 0 Å². The van der Waals surface area contributed by atoms with E-state index in [0.29, 0.717) is 6.04 Å². The monoisotopic (exact) mass is 299 g/mol. The predicted molar refractivity (Wildman–Crippen MR) is 77.1 cm³/mol. The van der Waals surface area contributed by atoms with Gasteiger partial charge in [0.1, 0.15) is 0 Å². The summed E-state index contributed by atoms with van der Waals surface area (Å²) in [6, 6.07) is 8.99. The standard InChI is InChI=1S/C13H18BrNS/c1-3-4-7-12(15-2)10-16-13-8-5-6-11(14)9-13/h3,5-6,8-9,12,15H,1,4,7,10H2,2H3. The van der Waals surface area contributed by atoms with Crippen LogP contribution in [0.4, 0.5) is 0 Å². The molecule has 1 aromatic carbocycles. The zero-order valence-corrected chi connectivity index (χ0v) is 12.0. The zero-order chi connectivity index (χ0) is 11.8. The number of benzene rings is 1. The van der Waals surface area contributed by atoms with Gasteiger partial charge in [0.25, 0.3) is 0 Å². The summed E-state index contributed by atoms with van der Waals surface area (Å²) >= 11 is 5.38. The Morgan fingerprint density at radius 1 is 1.56 bits per heavy atom. The van der Waals surface area contributed by atoms with Gasteiger partial charge in [0.15, 0.2) is 0 Å².